The van der Waals surface area contributed by atoms with Crippen LogP contribution in [-0.4, -0.2) is 15.0 Å². The highest BCUT2D eigenvalue weighted by atomic mass is 32.1. The lowest BCUT2D eigenvalue weighted by Gasteiger charge is -2.23. The zero-order chi connectivity index (χ0) is 26.4. The number of hydrogen-bond acceptors (Lipinski definition) is 3. The Labute approximate surface area is 228 Å². The van der Waals surface area contributed by atoms with E-state index in [1.807, 2.05) is 18.3 Å². The van der Waals surface area contributed by atoms with Crippen LogP contribution in [0.4, 0.5) is 0 Å². The van der Waals surface area contributed by atoms with Gasteiger partial charge in [0.25, 0.3) is 0 Å². The molecule has 2 aromatic carbocycles. The van der Waals surface area contributed by atoms with Gasteiger partial charge in [-0.05, 0) is 48.6 Å². The Balaban J connectivity index is 1.83. The minimum Gasteiger partial charge on any atom is -0.352 e. The number of benzene rings is 2. The van der Waals surface area contributed by atoms with Gasteiger partial charge in [-0.1, -0.05) is 92.6 Å². The summed E-state index contributed by atoms with van der Waals surface area (Å²) < 4.78 is 0. The van der Waals surface area contributed by atoms with Crippen LogP contribution in [0.1, 0.15) is 37.6 Å². The first-order valence-electron chi connectivity index (χ1n) is 13.0. The van der Waals surface area contributed by atoms with Crippen LogP contribution in [0, 0.1) is 13.8 Å². The largest absolute Gasteiger partial charge is 0.352 e. The van der Waals surface area contributed by atoms with Crippen molar-refractivity contribution in [2.24, 2.45) is 0 Å². The number of nitrogens with one attached hydrogen (secondary N) is 1. The van der Waals surface area contributed by atoms with Crippen molar-refractivity contribution in [3.05, 3.63) is 107 Å². The Morgan fingerprint density at radius 3 is 1.95 bits per heavy atom. The third-order valence-electron chi connectivity index (χ3n) is 7.01. The maximum absolute atomic E-state index is 5.49. The number of hydrogen-bond donors (Lipinski definition) is 1. The molecule has 3 nitrogen and oxygen atoms in total. The normalized spacial score (nSPS) is 11.8. The topological polar surface area (TPSA) is 41.6 Å². The van der Waals surface area contributed by atoms with Crippen molar-refractivity contribution in [2.45, 2.75) is 40.0 Å². The highest BCUT2D eigenvalue weighted by Gasteiger charge is 2.30. The number of rotatable bonds is 4. The number of aryl methyl sites for hydroxylation is 2. The summed E-state index contributed by atoms with van der Waals surface area (Å²) in [4.78, 5) is 15.3. The third-order valence-corrected chi connectivity index (χ3v) is 7.89. The van der Waals surface area contributed by atoms with E-state index < -0.39 is 0 Å². The predicted octanol–water partition coefficient (Wildman–Crippen LogP) is 9.60. The van der Waals surface area contributed by atoms with Crippen molar-refractivity contribution < 1.29 is 0 Å². The first kappa shape index (κ1) is 24.3. The van der Waals surface area contributed by atoms with Crippen molar-refractivity contribution in [2.75, 3.05) is 0 Å². The Kier molecular flexibility index (Phi) is 6.00. The average molecular weight is 514 g/mol. The molecule has 6 aromatic rings. The van der Waals surface area contributed by atoms with Crippen molar-refractivity contribution in [1.82, 2.24) is 15.0 Å². The van der Waals surface area contributed by atoms with E-state index in [1.54, 1.807) is 11.3 Å². The number of pyridine rings is 2. The SMILES string of the molecule is Cc1ccc(-c2c(-c3cccs3)nc(C(C)(C)C)c3c(-c4ccc(C)cc4)c(-c4ccccn4)[nH]c23)cc1. The van der Waals surface area contributed by atoms with Gasteiger partial charge in [-0.15, -0.1) is 11.3 Å². The minimum absolute atomic E-state index is 0.181. The van der Waals surface area contributed by atoms with Gasteiger partial charge in [0.15, 0.2) is 0 Å². The zero-order valence-electron chi connectivity index (χ0n) is 22.5. The number of aromatic nitrogens is 3. The van der Waals surface area contributed by atoms with Crippen LogP contribution in [0.25, 0.3) is 55.1 Å². The number of H-pyrrole nitrogens is 1. The molecule has 6 rings (SSSR count). The summed E-state index contributed by atoms with van der Waals surface area (Å²) in [5.74, 6) is 0. The van der Waals surface area contributed by atoms with E-state index in [0.29, 0.717) is 0 Å². The lowest BCUT2D eigenvalue weighted by Crippen LogP contribution is -2.15. The Bertz CT molecular complexity index is 1720. The van der Waals surface area contributed by atoms with Gasteiger partial charge >= 0.3 is 0 Å². The molecule has 0 unspecified atom stereocenters. The molecule has 0 saturated heterocycles. The zero-order valence-corrected chi connectivity index (χ0v) is 23.3. The molecule has 0 aliphatic heterocycles. The van der Waals surface area contributed by atoms with Gasteiger partial charge in [-0.2, -0.15) is 0 Å². The first-order chi connectivity index (χ1) is 18.3. The van der Waals surface area contributed by atoms with Gasteiger partial charge in [-0.3, -0.25) is 4.98 Å². The fraction of sp³-hybridized carbons (Fsp3) is 0.176. The van der Waals surface area contributed by atoms with Crippen molar-refractivity contribution in [3.8, 4) is 44.2 Å². The van der Waals surface area contributed by atoms with Crippen LogP contribution in [0.5, 0.6) is 0 Å². The Morgan fingerprint density at radius 1 is 0.737 bits per heavy atom. The fourth-order valence-electron chi connectivity index (χ4n) is 5.11. The highest BCUT2D eigenvalue weighted by Crippen LogP contribution is 2.48. The molecule has 0 aliphatic carbocycles. The summed E-state index contributed by atoms with van der Waals surface area (Å²) in [6.45, 7) is 11.0. The van der Waals surface area contributed by atoms with E-state index in [-0.39, 0.29) is 5.41 Å². The minimum atomic E-state index is -0.181. The van der Waals surface area contributed by atoms with Crippen LogP contribution >= 0.6 is 11.3 Å². The summed E-state index contributed by atoms with van der Waals surface area (Å²) in [6, 6.07) is 28.0. The van der Waals surface area contributed by atoms with E-state index in [2.05, 4.69) is 112 Å². The van der Waals surface area contributed by atoms with Crippen LogP contribution in [0.3, 0.4) is 0 Å². The monoisotopic (exact) mass is 513 g/mol. The van der Waals surface area contributed by atoms with Crippen molar-refractivity contribution >= 4 is 22.2 Å². The van der Waals surface area contributed by atoms with Crippen LogP contribution < -0.4 is 0 Å². The van der Waals surface area contributed by atoms with Crippen molar-refractivity contribution in [3.63, 3.8) is 0 Å². The molecule has 38 heavy (non-hydrogen) atoms. The summed E-state index contributed by atoms with van der Waals surface area (Å²) in [6.07, 6.45) is 1.86. The fourth-order valence-corrected chi connectivity index (χ4v) is 5.83. The maximum Gasteiger partial charge on any atom is 0.0904 e. The van der Waals surface area contributed by atoms with Crippen LogP contribution in [0.15, 0.2) is 90.4 Å². The maximum atomic E-state index is 5.49. The molecule has 4 heterocycles. The lowest BCUT2D eigenvalue weighted by molar-refractivity contribution is 0.576. The highest BCUT2D eigenvalue weighted by molar-refractivity contribution is 7.13. The van der Waals surface area contributed by atoms with Crippen molar-refractivity contribution in [1.29, 1.82) is 0 Å². The number of thiophene rings is 1. The summed E-state index contributed by atoms with van der Waals surface area (Å²) >= 11 is 1.73. The third kappa shape index (κ3) is 4.25. The van der Waals surface area contributed by atoms with Crippen LogP contribution in [-0.2, 0) is 5.41 Å². The smallest absolute Gasteiger partial charge is 0.0904 e. The molecule has 0 bridgehead atoms. The van der Waals surface area contributed by atoms with Gasteiger partial charge in [0.2, 0.25) is 0 Å². The average Bonchev–Trinajstić information content (AvgIpc) is 3.58. The summed E-state index contributed by atoms with van der Waals surface area (Å²) in [7, 11) is 0. The molecular weight excluding hydrogens is 482 g/mol. The molecular formula is C34H31N3S. The van der Waals surface area contributed by atoms with E-state index in [1.165, 1.54) is 16.0 Å². The first-order valence-corrected chi connectivity index (χ1v) is 13.9. The number of aromatic amines is 1. The summed E-state index contributed by atoms with van der Waals surface area (Å²) in [5, 5.41) is 3.29. The number of fused-ring (bicyclic) bond motifs is 1. The Morgan fingerprint density at radius 2 is 1.39 bits per heavy atom. The van der Waals surface area contributed by atoms with Gasteiger partial charge in [0.1, 0.15) is 0 Å². The molecule has 0 saturated carbocycles. The second kappa shape index (κ2) is 9.38. The molecule has 1 N–H and O–H groups in total. The van der Waals surface area contributed by atoms with Gasteiger partial charge in [0, 0.05) is 28.1 Å². The molecule has 4 aromatic heterocycles. The molecule has 0 fully saturated rings. The second-order valence-electron chi connectivity index (χ2n) is 11.0. The van der Waals surface area contributed by atoms with E-state index in [0.717, 1.165) is 55.9 Å². The van der Waals surface area contributed by atoms with Crippen LogP contribution in [0.2, 0.25) is 0 Å². The second-order valence-corrected chi connectivity index (χ2v) is 11.9. The van der Waals surface area contributed by atoms with Gasteiger partial charge < -0.3 is 4.98 Å². The number of nitrogens with zero attached hydrogens (tertiary/aromatic N) is 2. The van der Waals surface area contributed by atoms with E-state index in [4.69, 9.17) is 9.97 Å². The van der Waals surface area contributed by atoms with Gasteiger partial charge in [0.05, 0.1) is 33.2 Å². The molecule has 0 radical (unpaired) electrons. The molecule has 188 valence electrons. The molecule has 0 atom stereocenters. The quantitative estimate of drug-likeness (QED) is 0.255. The standard InChI is InChI=1S/C34H31N3S/c1-21-11-15-23(16-12-21)27-29-32(36-30(27)25-9-6-7-19-35-25)28(24-17-13-22(2)14-18-24)31(26-10-8-20-38-26)37-33(29)34(3,4)5/h6-20,36H,1-5H3. The Hall–Kier alpha value is -4.02. The molecule has 4 heteroatoms. The summed E-state index contributed by atoms with van der Waals surface area (Å²) in [5.41, 5.74) is 12.0. The van der Waals surface area contributed by atoms with Gasteiger partial charge in [-0.25, -0.2) is 4.98 Å². The van der Waals surface area contributed by atoms with E-state index in [9.17, 15) is 0 Å². The molecule has 0 amide bonds. The molecule has 0 spiro atoms. The predicted molar refractivity (Wildman–Crippen MR) is 162 cm³/mol. The lowest BCUT2D eigenvalue weighted by atomic mass is 9.85. The van der Waals surface area contributed by atoms with E-state index >= 15 is 0 Å². The molecule has 0 aliphatic rings.